The standard InChI is InChI=1S/C15H28N4/c1-11(2)9-13(10-16)15-18-17-12(3)19(15)14-7-5-4-6-8-14/h11,13-14H,4-10,16H2,1-3H3. The largest absolute Gasteiger partial charge is 0.330 e. The van der Waals surface area contributed by atoms with Crippen molar-refractivity contribution in [1.29, 1.82) is 0 Å². The molecule has 0 aromatic carbocycles. The number of hydrogen-bond donors (Lipinski definition) is 1. The van der Waals surface area contributed by atoms with Crippen LogP contribution in [0.4, 0.5) is 0 Å². The average Bonchev–Trinajstić information content (AvgIpc) is 2.78. The fourth-order valence-electron chi connectivity index (χ4n) is 3.33. The van der Waals surface area contributed by atoms with Gasteiger partial charge >= 0.3 is 0 Å². The summed E-state index contributed by atoms with van der Waals surface area (Å²) in [4.78, 5) is 0. The molecular weight excluding hydrogens is 236 g/mol. The minimum atomic E-state index is 0.350. The van der Waals surface area contributed by atoms with Crippen LogP contribution in [0, 0.1) is 12.8 Å². The van der Waals surface area contributed by atoms with Crippen LogP contribution in [0.2, 0.25) is 0 Å². The van der Waals surface area contributed by atoms with Crippen molar-refractivity contribution < 1.29 is 0 Å². The molecule has 1 heterocycles. The maximum absolute atomic E-state index is 5.98. The lowest BCUT2D eigenvalue weighted by molar-refractivity contribution is 0.330. The van der Waals surface area contributed by atoms with Gasteiger partial charge in [0.05, 0.1) is 0 Å². The Bertz CT molecular complexity index is 391. The van der Waals surface area contributed by atoms with E-state index in [4.69, 9.17) is 5.73 Å². The minimum absolute atomic E-state index is 0.350. The van der Waals surface area contributed by atoms with Crippen molar-refractivity contribution in [2.24, 2.45) is 11.7 Å². The lowest BCUT2D eigenvalue weighted by atomic mass is 9.93. The lowest BCUT2D eigenvalue weighted by Gasteiger charge is -2.27. The van der Waals surface area contributed by atoms with Crippen molar-refractivity contribution in [3.8, 4) is 0 Å². The van der Waals surface area contributed by atoms with Gasteiger partial charge in [0, 0.05) is 18.5 Å². The average molecular weight is 264 g/mol. The summed E-state index contributed by atoms with van der Waals surface area (Å²) in [6.45, 7) is 7.24. The highest BCUT2D eigenvalue weighted by molar-refractivity contribution is 5.05. The van der Waals surface area contributed by atoms with Gasteiger partial charge < -0.3 is 10.3 Å². The maximum Gasteiger partial charge on any atom is 0.137 e. The van der Waals surface area contributed by atoms with E-state index in [-0.39, 0.29) is 0 Å². The number of aromatic nitrogens is 3. The highest BCUT2D eigenvalue weighted by Gasteiger charge is 2.25. The summed E-state index contributed by atoms with van der Waals surface area (Å²) in [6.07, 6.45) is 7.68. The summed E-state index contributed by atoms with van der Waals surface area (Å²) in [5, 5.41) is 8.77. The van der Waals surface area contributed by atoms with Gasteiger partial charge in [0.1, 0.15) is 11.6 Å². The zero-order chi connectivity index (χ0) is 13.8. The third-order valence-corrected chi connectivity index (χ3v) is 4.24. The van der Waals surface area contributed by atoms with Crippen LogP contribution in [-0.4, -0.2) is 21.3 Å². The zero-order valence-electron chi connectivity index (χ0n) is 12.6. The molecule has 1 aliphatic rings. The number of nitrogens with zero attached hydrogens (tertiary/aromatic N) is 3. The molecule has 108 valence electrons. The maximum atomic E-state index is 5.98. The fourth-order valence-corrected chi connectivity index (χ4v) is 3.33. The molecule has 1 fully saturated rings. The molecule has 0 spiro atoms. The predicted octanol–water partition coefficient (Wildman–Crippen LogP) is 3.18. The molecule has 4 heteroatoms. The summed E-state index contributed by atoms with van der Waals surface area (Å²) in [7, 11) is 0. The molecule has 4 nitrogen and oxygen atoms in total. The third kappa shape index (κ3) is 3.35. The molecule has 0 saturated heterocycles. The number of rotatable bonds is 5. The normalized spacial score (nSPS) is 19.0. The van der Waals surface area contributed by atoms with Crippen LogP contribution in [0.1, 0.15) is 76.0 Å². The molecule has 1 aromatic heterocycles. The Morgan fingerprint density at radius 2 is 1.89 bits per heavy atom. The second kappa shape index (κ2) is 6.51. The molecule has 0 radical (unpaired) electrons. The Balaban J connectivity index is 2.24. The Hall–Kier alpha value is -0.900. The zero-order valence-corrected chi connectivity index (χ0v) is 12.6. The summed E-state index contributed by atoms with van der Waals surface area (Å²) < 4.78 is 2.39. The molecule has 0 bridgehead atoms. The second-order valence-electron chi connectivity index (χ2n) is 6.33. The van der Waals surface area contributed by atoms with E-state index < -0.39 is 0 Å². The van der Waals surface area contributed by atoms with Crippen molar-refractivity contribution in [1.82, 2.24) is 14.8 Å². The van der Waals surface area contributed by atoms with E-state index in [9.17, 15) is 0 Å². The van der Waals surface area contributed by atoms with Crippen molar-refractivity contribution in [3.05, 3.63) is 11.6 Å². The smallest absolute Gasteiger partial charge is 0.137 e. The quantitative estimate of drug-likeness (QED) is 0.888. The van der Waals surface area contributed by atoms with Crippen LogP contribution < -0.4 is 5.73 Å². The molecule has 19 heavy (non-hydrogen) atoms. The predicted molar refractivity (Wildman–Crippen MR) is 78.1 cm³/mol. The Morgan fingerprint density at radius 3 is 2.47 bits per heavy atom. The van der Waals surface area contributed by atoms with E-state index in [1.165, 1.54) is 32.1 Å². The Morgan fingerprint density at radius 1 is 1.21 bits per heavy atom. The van der Waals surface area contributed by atoms with Crippen LogP contribution in [0.5, 0.6) is 0 Å². The van der Waals surface area contributed by atoms with Crippen molar-refractivity contribution in [2.75, 3.05) is 6.54 Å². The van der Waals surface area contributed by atoms with E-state index in [2.05, 4.69) is 35.5 Å². The van der Waals surface area contributed by atoms with Crippen LogP contribution in [-0.2, 0) is 0 Å². The summed E-state index contributed by atoms with van der Waals surface area (Å²) in [6, 6.07) is 0.597. The first-order chi connectivity index (χ1) is 9.13. The van der Waals surface area contributed by atoms with Crippen LogP contribution in [0.3, 0.4) is 0 Å². The van der Waals surface area contributed by atoms with Gasteiger partial charge in [0.25, 0.3) is 0 Å². The highest BCUT2D eigenvalue weighted by atomic mass is 15.3. The van der Waals surface area contributed by atoms with Gasteiger partial charge in [-0.25, -0.2) is 0 Å². The first kappa shape index (κ1) is 14.5. The van der Waals surface area contributed by atoms with Crippen molar-refractivity contribution in [2.45, 2.75) is 71.3 Å². The Kier molecular flexibility index (Phi) is 4.97. The van der Waals surface area contributed by atoms with Crippen LogP contribution in [0.25, 0.3) is 0 Å². The Labute approximate surface area is 116 Å². The van der Waals surface area contributed by atoms with Gasteiger partial charge in [-0.2, -0.15) is 0 Å². The molecule has 1 unspecified atom stereocenters. The molecule has 1 aromatic rings. The van der Waals surface area contributed by atoms with E-state index in [0.717, 1.165) is 18.1 Å². The molecular formula is C15H28N4. The molecule has 0 amide bonds. The van der Waals surface area contributed by atoms with E-state index in [1.54, 1.807) is 0 Å². The number of aryl methyl sites for hydroxylation is 1. The van der Waals surface area contributed by atoms with Crippen LogP contribution >= 0.6 is 0 Å². The van der Waals surface area contributed by atoms with E-state index in [0.29, 0.717) is 24.4 Å². The first-order valence-electron chi connectivity index (χ1n) is 7.75. The fraction of sp³-hybridized carbons (Fsp3) is 0.867. The molecule has 1 saturated carbocycles. The summed E-state index contributed by atoms with van der Waals surface area (Å²) in [5.41, 5.74) is 5.98. The number of hydrogen-bond acceptors (Lipinski definition) is 3. The van der Waals surface area contributed by atoms with Crippen molar-refractivity contribution in [3.63, 3.8) is 0 Å². The topological polar surface area (TPSA) is 56.7 Å². The number of nitrogens with two attached hydrogens (primary N) is 1. The van der Waals surface area contributed by atoms with Gasteiger partial charge in [-0.3, -0.25) is 0 Å². The summed E-state index contributed by atoms with van der Waals surface area (Å²) >= 11 is 0. The first-order valence-corrected chi connectivity index (χ1v) is 7.75. The summed E-state index contributed by atoms with van der Waals surface area (Å²) in [5.74, 6) is 3.18. The molecule has 2 N–H and O–H groups in total. The van der Waals surface area contributed by atoms with Gasteiger partial charge in [-0.1, -0.05) is 33.1 Å². The molecule has 0 aliphatic heterocycles. The van der Waals surface area contributed by atoms with Gasteiger partial charge in [-0.15, -0.1) is 10.2 Å². The molecule has 1 aliphatic carbocycles. The SMILES string of the molecule is Cc1nnc(C(CN)CC(C)C)n1C1CCCCC1. The second-order valence-corrected chi connectivity index (χ2v) is 6.33. The molecule has 2 rings (SSSR count). The van der Waals surface area contributed by atoms with Gasteiger partial charge in [0.2, 0.25) is 0 Å². The minimum Gasteiger partial charge on any atom is -0.330 e. The molecule has 1 atom stereocenters. The highest BCUT2D eigenvalue weighted by Crippen LogP contribution is 2.32. The van der Waals surface area contributed by atoms with Gasteiger partial charge in [-0.05, 0) is 32.1 Å². The van der Waals surface area contributed by atoms with Crippen LogP contribution in [0.15, 0.2) is 0 Å². The monoisotopic (exact) mass is 264 g/mol. The van der Waals surface area contributed by atoms with E-state index >= 15 is 0 Å². The third-order valence-electron chi connectivity index (χ3n) is 4.24. The van der Waals surface area contributed by atoms with E-state index in [1.807, 2.05) is 0 Å². The lowest BCUT2D eigenvalue weighted by Crippen LogP contribution is -2.23. The van der Waals surface area contributed by atoms with Crippen molar-refractivity contribution >= 4 is 0 Å². The van der Waals surface area contributed by atoms with Gasteiger partial charge in [0.15, 0.2) is 0 Å².